The van der Waals surface area contributed by atoms with E-state index in [4.69, 9.17) is 14.2 Å². The minimum Gasteiger partial charge on any atom is -0.497 e. The zero-order chi connectivity index (χ0) is 20.9. The Balaban J connectivity index is 1.50. The van der Waals surface area contributed by atoms with E-state index in [1.54, 1.807) is 14.2 Å². The Hall–Kier alpha value is -3.03. The maximum Gasteiger partial charge on any atom is 0.267 e. The number of H-pyrrole nitrogens is 1. The van der Waals surface area contributed by atoms with Gasteiger partial charge in [-0.15, -0.1) is 0 Å². The van der Waals surface area contributed by atoms with E-state index in [0.29, 0.717) is 25.5 Å². The standard InChI is InChI=1S/C23H27N3O4/c1-28-18-6-3-16(4-7-18)22(26-9-11-30-12-10-26)15-24-23(27)21-13-17-5-8-19(29-2)14-20(17)25-21/h3-8,13-14,22,25H,9-12,15H2,1-2H3,(H,24,27). The smallest absolute Gasteiger partial charge is 0.267 e. The molecule has 1 atom stereocenters. The summed E-state index contributed by atoms with van der Waals surface area (Å²) in [6.07, 6.45) is 0. The summed E-state index contributed by atoms with van der Waals surface area (Å²) in [4.78, 5) is 18.4. The Labute approximate surface area is 175 Å². The van der Waals surface area contributed by atoms with E-state index in [-0.39, 0.29) is 11.9 Å². The molecule has 1 fully saturated rings. The number of hydrogen-bond acceptors (Lipinski definition) is 5. The second-order valence-electron chi connectivity index (χ2n) is 7.28. The van der Waals surface area contributed by atoms with Gasteiger partial charge in [-0.05, 0) is 35.9 Å². The molecule has 2 aromatic carbocycles. The van der Waals surface area contributed by atoms with Gasteiger partial charge in [0.25, 0.3) is 5.91 Å². The molecule has 2 heterocycles. The number of amides is 1. The van der Waals surface area contributed by atoms with Gasteiger partial charge in [-0.3, -0.25) is 9.69 Å². The number of nitrogens with zero attached hydrogens (tertiary/aromatic N) is 1. The Bertz CT molecular complexity index is 993. The summed E-state index contributed by atoms with van der Waals surface area (Å²) in [5, 5.41) is 4.07. The molecule has 0 aliphatic carbocycles. The highest BCUT2D eigenvalue weighted by atomic mass is 16.5. The van der Waals surface area contributed by atoms with Crippen molar-refractivity contribution in [3.05, 3.63) is 59.8 Å². The van der Waals surface area contributed by atoms with E-state index in [1.807, 2.05) is 36.4 Å². The Kier molecular flexibility index (Phi) is 6.21. The maximum atomic E-state index is 12.9. The second kappa shape index (κ2) is 9.19. The Morgan fingerprint density at radius 2 is 1.77 bits per heavy atom. The molecule has 30 heavy (non-hydrogen) atoms. The largest absolute Gasteiger partial charge is 0.497 e. The number of aromatic amines is 1. The second-order valence-corrected chi connectivity index (χ2v) is 7.28. The number of nitrogens with one attached hydrogen (secondary N) is 2. The number of carbonyl (C=O) groups excluding carboxylic acids is 1. The fraction of sp³-hybridized carbons (Fsp3) is 0.348. The highest BCUT2D eigenvalue weighted by Gasteiger charge is 2.24. The van der Waals surface area contributed by atoms with Crippen LogP contribution < -0.4 is 14.8 Å². The monoisotopic (exact) mass is 409 g/mol. The van der Waals surface area contributed by atoms with Gasteiger partial charge in [-0.2, -0.15) is 0 Å². The Morgan fingerprint density at radius 3 is 2.47 bits per heavy atom. The van der Waals surface area contributed by atoms with Crippen molar-refractivity contribution < 1.29 is 19.0 Å². The summed E-state index contributed by atoms with van der Waals surface area (Å²) >= 11 is 0. The van der Waals surface area contributed by atoms with Gasteiger partial charge in [-0.25, -0.2) is 0 Å². The van der Waals surface area contributed by atoms with E-state index in [9.17, 15) is 4.79 Å². The summed E-state index contributed by atoms with van der Waals surface area (Å²) in [5.74, 6) is 1.44. The van der Waals surface area contributed by atoms with E-state index in [0.717, 1.165) is 41.1 Å². The zero-order valence-corrected chi connectivity index (χ0v) is 17.3. The van der Waals surface area contributed by atoms with Crippen molar-refractivity contribution >= 4 is 16.8 Å². The first-order chi connectivity index (χ1) is 14.7. The molecule has 2 N–H and O–H groups in total. The fourth-order valence-electron chi connectivity index (χ4n) is 3.81. The average molecular weight is 409 g/mol. The molecule has 0 saturated carbocycles. The van der Waals surface area contributed by atoms with Crippen LogP contribution in [0.4, 0.5) is 0 Å². The Morgan fingerprint density at radius 1 is 1.07 bits per heavy atom. The predicted octanol–water partition coefficient (Wildman–Crippen LogP) is 2.99. The van der Waals surface area contributed by atoms with Crippen molar-refractivity contribution in [3.63, 3.8) is 0 Å². The molecule has 0 radical (unpaired) electrons. The lowest BCUT2D eigenvalue weighted by Gasteiger charge is -2.35. The van der Waals surface area contributed by atoms with Gasteiger partial charge >= 0.3 is 0 Å². The number of ether oxygens (including phenoxy) is 3. The molecule has 4 rings (SSSR count). The molecule has 1 aliphatic heterocycles. The van der Waals surface area contributed by atoms with Crippen molar-refractivity contribution in [3.8, 4) is 11.5 Å². The zero-order valence-electron chi connectivity index (χ0n) is 17.3. The number of rotatable bonds is 7. The van der Waals surface area contributed by atoms with Crippen LogP contribution >= 0.6 is 0 Å². The third-order valence-corrected chi connectivity index (χ3v) is 5.52. The molecule has 1 unspecified atom stereocenters. The average Bonchev–Trinajstić information content (AvgIpc) is 3.23. The van der Waals surface area contributed by atoms with Gasteiger partial charge < -0.3 is 24.5 Å². The highest BCUT2D eigenvalue weighted by Crippen LogP contribution is 2.24. The van der Waals surface area contributed by atoms with Crippen LogP contribution in [0.2, 0.25) is 0 Å². The van der Waals surface area contributed by atoms with E-state index in [1.165, 1.54) is 0 Å². The topological polar surface area (TPSA) is 75.8 Å². The van der Waals surface area contributed by atoms with Gasteiger partial charge in [0.1, 0.15) is 17.2 Å². The third-order valence-electron chi connectivity index (χ3n) is 5.52. The van der Waals surface area contributed by atoms with Crippen LogP contribution in [0, 0.1) is 0 Å². The van der Waals surface area contributed by atoms with Crippen molar-refractivity contribution in [1.82, 2.24) is 15.2 Å². The summed E-state index contributed by atoms with van der Waals surface area (Å²) in [5.41, 5.74) is 2.55. The number of hydrogen-bond donors (Lipinski definition) is 2. The van der Waals surface area contributed by atoms with E-state index in [2.05, 4.69) is 27.3 Å². The van der Waals surface area contributed by atoms with Crippen LogP contribution in [0.3, 0.4) is 0 Å². The number of benzene rings is 2. The first kappa shape index (κ1) is 20.3. The van der Waals surface area contributed by atoms with Crippen molar-refractivity contribution in [2.45, 2.75) is 6.04 Å². The van der Waals surface area contributed by atoms with Crippen LogP contribution in [0.15, 0.2) is 48.5 Å². The molecule has 158 valence electrons. The van der Waals surface area contributed by atoms with Crippen LogP contribution in [0.5, 0.6) is 11.5 Å². The minimum absolute atomic E-state index is 0.0632. The molecule has 1 saturated heterocycles. The summed E-state index contributed by atoms with van der Waals surface area (Å²) in [6, 6.07) is 15.7. The lowest BCUT2D eigenvalue weighted by Crippen LogP contribution is -2.43. The van der Waals surface area contributed by atoms with Crippen molar-refractivity contribution in [2.75, 3.05) is 47.1 Å². The molecule has 1 amide bonds. The molecule has 1 aliphatic rings. The van der Waals surface area contributed by atoms with Gasteiger partial charge in [0.15, 0.2) is 0 Å². The lowest BCUT2D eigenvalue weighted by molar-refractivity contribution is 0.0162. The maximum absolute atomic E-state index is 12.9. The van der Waals surface area contributed by atoms with Gasteiger partial charge in [0, 0.05) is 36.6 Å². The first-order valence-corrected chi connectivity index (χ1v) is 10.1. The van der Waals surface area contributed by atoms with E-state index < -0.39 is 0 Å². The van der Waals surface area contributed by atoms with Gasteiger partial charge in [0.05, 0.1) is 33.5 Å². The van der Waals surface area contributed by atoms with Gasteiger partial charge in [-0.1, -0.05) is 12.1 Å². The molecule has 7 nitrogen and oxygen atoms in total. The normalized spacial score (nSPS) is 15.7. The molecule has 7 heteroatoms. The highest BCUT2D eigenvalue weighted by molar-refractivity contribution is 5.98. The summed E-state index contributed by atoms with van der Waals surface area (Å²) in [7, 11) is 3.29. The molecule has 3 aromatic rings. The van der Waals surface area contributed by atoms with Crippen LogP contribution in [-0.4, -0.2) is 62.9 Å². The minimum atomic E-state index is -0.128. The first-order valence-electron chi connectivity index (χ1n) is 10.1. The fourth-order valence-corrected chi connectivity index (χ4v) is 3.81. The number of methoxy groups -OCH3 is 2. The van der Waals surface area contributed by atoms with Gasteiger partial charge in [0.2, 0.25) is 0 Å². The summed E-state index contributed by atoms with van der Waals surface area (Å²) in [6.45, 7) is 3.57. The molecule has 0 bridgehead atoms. The lowest BCUT2D eigenvalue weighted by atomic mass is 10.0. The number of fused-ring (bicyclic) bond motifs is 1. The molecular weight excluding hydrogens is 382 g/mol. The molecule has 1 aromatic heterocycles. The quantitative estimate of drug-likeness (QED) is 0.628. The molecule has 0 spiro atoms. The number of aromatic nitrogens is 1. The van der Waals surface area contributed by atoms with Crippen LogP contribution in [0.1, 0.15) is 22.1 Å². The number of morpholine rings is 1. The summed E-state index contributed by atoms with van der Waals surface area (Å²) < 4.78 is 16.0. The molecular formula is C23H27N3O4. The van der Waals surface area contributed by atoms with Crippen molar-refractivity contribution in [2.24, 2.45) is 0 Å². The van der Waals surface area contributed by atoms with Crippen LogP contribution in [-0.2, 0) is 4.74 Å². The third kappa shape index (κ3) is 4.42. The predicted molar refractivity (Wildman–Crippen MR) is 115 cm³/mol. The number of carbonyl (C=O) groups is 1. The van der Waals surface area contributed by atoms with Crippen LogP contribution in [0.25, 0.3) is 10.9 Å². The van der Waals surface area contributed by atoms with Crippen molar-refractivity contribution in [1.29, 1.82) is 0 Å². The van der Waals surface area contributed by atoms with E-state index >= 15 is 0 Å². The SMILES string of the molecule is COc1ccc(C(CNC(=O)c2cc3ccc(OC)cc3[nH]2)N2CCOCC2)cc1.